The van der Waals surface area contributed by atoms with Crippen molar-refractivity contribution in [3.8, 4) is 0 Å². The third-order valence-electron chi connectivity index (χ3n) is 2.86. The second kappa shape index (κ2) is 7.04. The normalized spacial score (nSPS) is 10.7. The van der Waals surface area contributed by atoms with Crippen LogP contribution >= 0.6 is 27.5 Å². The maximum atomic E-state index is 13.4. The van der Waals surface area contributed by atoms with Crippen LogP contribution in [0.1, 0.15) is 11.1 Å². The molecule has 100 valence electrons. The van der Waals surface area contributed by atoms with E-state index in [4.69, 9.17) is 11.6 Å². The molecule has 0 fully saturated rings. The van der Waals surface area contributed by atoms with Crippen molar-refractivity contribution in [2.24, 2.45) is 0 Å². The summed E-state index contributed by atoms with van der Waals surface area (Å²) in [5, 5.41) is 4.01. The Kier molecular flexibility index (Phi) is 5.37. The van der Waals surface area contributed by atoms with Gasteiger partial charge < -0.3 is 5.32 Å². The van der Waals surface area contributed by atoms with Gasteiger partial charge in [-0.05, 0) is 42.3 Å². The van der Waals surface area contributed by atoms with Crippen LogP contribution in [0.5, 0.6) is 0 Å². The summed E-state index contributed by atoms with van der Waals surface area (Å²) in [7, 11) is 0. The lowest BCUT2D eigenvalue weighted by atomic mass is 10.1. The molecule has 0 amide bonds. The fraction of sp³-hybridized carbons (Fsp3) is 0.200. The topological polar surface area (TPSA) is 12.0 Å². The summed E-state index contributed by atoms with van der Waals surface area (Å²) in [5.74, 6) is -0.142. The van der Waals surface area contributed by atoms with E-state index in [0.29, 0.717) is 11.4 Å². The number of hydrogen-bond donors (Lipinski definition) is 1. The van der Waals surface area contributed by atoms with Crippen LogP contribution in [0, 0.1) is 5.82 Å². The van der Waals surface area contributed by atoms with Gasteiger partial charge in [0, 0.05) is 16.0 Å². The molecule has 0 atom stereocenters. The average Bonchev–Trinajstić information content (AvgIpc) is 2.38. The first-order chi connectivity index (χ1) is 9.16. The van der Waals surface area contributed by atoms with Crippen molar-refractivity contribution >= 4 is 27.5 Å². The van der Waals surface area contributed by atoms with Crippen LogP contribution in [0.4, 0.5) is 4.39 Å². The molecule has 0 aliphatic carbocycles. The Bertz CT molecular complexity index is 560. The van der Waals surface area contributed by atoms with Gasteiger partial charge >= 0.3 is 0 Å². The highest BCUT2D eigenvalue weighted by molar-refractivity contribution is 9.10. The molecule has 0 bridgehead atoms. The van der Waals surface area contributed by atoms with E-state index in [2.05, 4.69) is 21.2 Å². The van der Waals surface area contributed by atoms with Gasteiger partial charge in [0.25, 0.3) is 0 Å². The van der Waals surface area contributed by atoms with Crippen LogP contribution in [0.3, 0.4) is 0 Å². The van der Waals surface area contributed by atoms with Gasteiger partial charge in [0.05, 0.1) is 0 Å². The second-order valence-corrected chi connectivity index (χ2v) is 5.54. The van der Waals surface area contributed by atoms with Gasteiger partial charge in [-0.15, -0.1) is 0 Å². The Morgan fingerprint density at radius 1 is 1.11 bits per heavy atom. The maximum Gasteiger partial charge on any atom is 0.126 e. The zero-order chi connectivity index (χ0) is 13.7. The molecule has 0 unspecified atom stereocenters. The molecule has 0 heterocycles. The predicted molar refractivity (Wildman–Crippen MR) is 81.0 cm³/mol. The molecule has 2 rings (SSSR count). The molecule has 0 saturated heterocycles. The Balaban J connectivity index is 1.83. The van der Waals surface area contributed by atoms with E-state index in [1.807, 2.05) is 30.3 Å². The van der Waals surface area contributed by atoms with Crippen molar-refractivity contribution < 1.29 is 4.39 Å². The van der Waals surface area contributed by atoms with Crippen LogP contribution < -0.4 is 5.32 Å². The first-order valence-corrected chi connectivity index (χ1v) is 7.22. The molecule has 1 N–H and O–H groups in total. The summed E-state index contributed by atoms with van der Waals surface area (Å²) < 4.78 is 14.4. The minimum Gasteiger partial charge on any atom is -0.312 e. The van der Waals surface area contributed by atoms with Gasteiger partial charge in [-0.3, -0.25) is 0 Å². The summed E-state index contributed by atoms with van der Waals surface area (Å²) in [4.78, 5) is 0. The van der Waals surface area contributed by atoms with Gasteiger partial charge in [-0.1, -0.05) is 51.8 Å². The minimum atomic E-state index is -0.142. The van der Waals surface area contributed by atoms with Crippen molar-refractivity contribution in [1.29, 1.82) is 0 Å². The molecule has 0 aromatic heterocycles. The summed E-state index contributed by atoms with van der Waals surface area (Å²) in [6, 6.07) is 12.6. The summed E-state index contributed by atoms with van der Waals surface area (Å²) >= 11 is 9.35. The van der Waals surface area contributed by atoms with E-state index in [9.17, 15) is 4.39 Å². The third-order valence-corrected chi connectivity index (χ3v) is 3.83. The zero-order valence-corrected chi connectivity index (χ0v) is 12.6. The van der Waals surface area contributed by atoms with Crippen LogP contribution in [-0.4, -0.2) is 6.54 Å². The van der Waals surface area contributed by atoms with Crippen LogP contribution in [0.15, 0.2) is 46.9 Å². The largest absolute Gasteiger partial charge is 0.312 e. The van der Waals surface area contributed by atoms with E-state index in [1.54, 1.807) is 6.07 Å². The zero-order valence-electron chi connectivity index (χ0n) is 10.3. The molecule has 0 radical (unpaired) electrons. The van der Waals surface area contributed by atoms with E-state index in [1.165, 1.54) is 6.07 Å². The molecule has 2 aromatic carbocycles. The SMILES string of the molecule is Fc1ccccc1CCNCc1ccc(Cl)cc1Br. The van der Waals surface area contributed by atoms with E-state index in [-0.39, 0.29) is 5.82 Å². The number of hydrogen-bond acceptors (Lipinski definition) is 1. The molecule has 1 nitrogen and oxygen atoms in total. The third kappa shape index (κ3) is 4.30. The molecule has 0 aliphatic rings. The standard InChI is InChI=1S/C15H14BrClFN/c16-14-9-13(17)6-5-12(14)10-19-8-7-11-3-1-2-4-15(11)18/h1-6,9,19H,7-8,10H2. The molecule has 0 spiro atoms. The Morgan fingerprint density at radius 3 is 2.63 bits per heavy atom. The van der Waals surface area contributed by atoms with E-state index < -0.39 is 0 Å². The monoisotopic (exact) mass is 341 g/mol. The predicted octanol–water partition coefficient (Wildman–Crippen LogP) is 4.57. The Morgan fingerprint density at radius 2 is 1.89 bits per heavy atom. The van der Waals surface area contributed by atoms with Crippen molar-refractivity contribution in [2.45, 2.75) is 13.0 Å². The number of nitrogens with one attached hydrogen (secondary N) is 1. The first-order valence-electron chi connectivity index (χ1n) is 6.05. The van der Waals surface area contributed by atoms with Crippen molar-refractivity contribution in [1.82, 2.24) is 5.32 Å². The molecule has 4 heteroatoms. The lowest BCUT2D eigenvalue weighted by molar-refractivity contribution is 0.597. The smallest absolute Gasteiger partial charge is 0.126 e. The Hall–Kier alpha value is -0.900. The molecular weight excluding hydrogens is 329 g/mol. The maximum absolute atomic E-state index is 13.4. The molecule has 0 aliphatic heterocycles. The van der Waals surface area contributed by atoms with Crippen molar-refractivity contribution in [2.75, 3.05) is 6.54 Å². The summed E-state index contributed by atoms with van der Waals surface area (Å²) in [6.45, 7) is 1.46. The van der Waals surface area contributed by atoms with E-state index in [0.717, 1.165) is 28.7 Å². The highest BCUT2D eigenvalue weighted by atomic mass is 79.9. The quantitative estimate of drug-likeness (QED) is 0.785. The fourth-order valence-electron chi connectivity index (χ4n) is 1.81. The van der Waals surface area contributed by atoms with E-state index >= 15 is 0 Å². The molecule has 2 aromatic rings. The average molecular weight is 343 g/mol. The first kappa shape index (κ1) is 14.5. The lowest BCUT2D eigenvalue weighted by Crippen LogP contribution is -2.17. The summed E-state index contributed by atoms with van der Waals surface area (Å²) in [6.07, 6.45) is 0.678. The second-order valence-electron chi connectivity index (χ2n) is 4.25. The van der Waals surface area contributed by atoms with Gasteiger partial charge in [-0.25, -0.2) is 4.39 Å². The lowest BCUT2D eigenvalue weighted by Gasteiger charge is -2.08. The van der Waals surface area contributed by atoms with Crippen LogP contribution in [0.2, 0.25) is 5.02 Å². The fourth-order valence-corrected chi connectivity index (χ4v) is 2.64. The van der Waals surface area contributed by atoms with Gasteiger partial charge in [0.1, 0.15) is 5.82 Å². The van der Waals surface area contributed by atoms with Crippen molar-refractivity contribution in [3.63, 3.8) is 0 Å². The number of halogens is 3. The number of benzene rings is 2. The van der Waals surface area contributed by atoms with Gasteiger partial charge in [0.2, 0.25) is 0 Å². The molecule has 0 saturated carbocycles. The Labute approximate surface area is 125 Å². The highest BCUT2D eigenvalue weighted by Gasteiger charge is 2.02. The van der Waals surface area contributed by atoms with Gasteiger partial charge in [0.15, 0.2) is 0 Å². The van der Waals surface area contributed by atoms with Crippen LogP contribution in [-0.2, 0) is 13.0 Å². The number of rotatable bonds is 5. The van der Waals surface area contributed by atoms with Crippen molar-refractivity contribution in [3.05, 3.63) is 68.9 Å². The molecular formula is C15H14BrClFN. The van der Waals surface area contributed by atoms with Crippen LogP contribution in [0.25, 0.3) is 0 Å². The highest BCUT2D eigenvalue weighted by Crippen LogP contribution is 2.21. The molecule has 19 heavy (non-hydrogen) atoms. The summed E-state index contributed by atoms with van der Waals surface area (Å²) in [5.41, 5.74) is 1.88. The van der Waals surface area contributed by atoms with Gasteiger partial charge in [-0.2, -0.15) is 0 Å². The minimum absolute atomic E-state index is 0.142.